The summed E-state index contributed by atoms with van der Waals surface area (Å²) in [7, 11) is 0. The summed E-state index contributed by atoms with van der Waals surface area (Å²) < 4.78 is 11.1. The Morgan fingerprint density at radius 1 is 1.06 bits per heavy atom. The lowest BCUT2D eigenvalue weighted by Gasteiger charge is -2.19. The SMILES string of the molecule is Cc1cc(-c2cc(C(=O)Nc3ccc(N4CCCC4)cc3C)c3c(C)noc3n2)c(C)o1. The molecule has 1 aromatic carbocycles. The molecule has 0 atom stereocenters. The monoisotopic (exact) mass is 430 g/mol. The van der Waals surface area contributed by atoms with Gasteiger partial charge >= 0.3 is 0 Å². The van der Waals surface area contributed by atoms with Crippen molar-refractivity contribution < 1.29 is 13.7 Å². The number of aryl methyl sites for hydroxylation is 4. The second kappa shape index (κ2) is 7.82. The Balaban J connectivity index is 1.51. The smallest absolute Gasteiger partial charge is 0.259 e. The molecule has 0 radical (unpaired) electrons. The van der Waals surface area contributed by atoms with Crippen molar-refractivity contribution in [3.63, 3.8) is 0 Å². The van der Waals surface area contributed by atoms with E-state index in [4.69, 9.17) is 8.94 Å². The van der Waals surface area contributed by atoms with Crippen LogP contribution in [0.1, 0.15) is 46.0 Å². The lowest BCUT2D eigenvalue weighted by Crippen LogP contribution is -2.18. The fraction of sp³-hybridized carbons (Fsp3) is 0.320. The number of anilines is 2. The van der Waals surface area contributed by atoms with Crippen LogP contribution in [0, 0.1) is 27.7 Å². The van der Waals surface area contributed by atoms with E-state index in [2.05, 4.69) is 32.5 Å². The van der Waals surface area contributed by atoms with Gasteiger partial charge in [-0.15, -0.1) is 0 Å². The first-order valence-electron chi connectivity index (χ1n) is 10.9. The largest absolute Gasteiger partial charge is 0.466 e. The van der Waals surface area contributed by atoms with Gasteiger partial charge in [0.05, 0.1) is 22.3 Å². The number of nitrogens with zero attached hydrogens (tertiary/aromatic N) is 3. The van der Waals surface area contributed by atoms with Crippen molar-refractivity contribution in [3.05, 3.63) is 58.7 Å². The molecule has 7 heteroatoms. The number of hydrogen-bond donors (Lipinski definition) is 1. The molecule has 1 N–H and O–H groups in total. The van der Waals surface area contributed by atoms with Crippen LogP contribution >= 0.6 is 0 Å². The first-order chi connectivity index (χ1) is 15.4. The van der Waals surface area contributed by atoms with Crippen molar-refractivity contribution in [2.24, 2.45) is 0 Å². The Kier molecular flexibility index (Phi) is 4.96. The molecule has 4 aromatic rings. The molecule has 1 amide bonds. The minimum atomic E-state index is -0.222. The first-order valence-corrected chi connectivity index (χ1v) is 10.9. The van der Waals surface area contributed by atoms with E-state index in [1.165, 1.54) is 18.5 Å². The highest BCUT2D eigenvalue weighted by atomic mass is 16.5. The van der Waals surface area contributed by atoms with E-state index < -0.39 is 0 Å². The van der Waals surface area contributed by atoms with Gasteiger partial charge in [0.1, 0.15) is 11.5 Å². The number of pyridine rings is 1. The van der Waals surface area contributed by atoms with E-state index in [-0.39, 0.29) is 5.91 Å². The summed E-state index contributed by atoms with van der Waals surface area (Å²) in [6.07, 6.45) is 2.46. The molecule has 5 rings (SSSR count). The number of hydrogen-bond acceptors (Lipinski definition) is 6. The summed E-state index contributed by atoms with van der Waals surface area (Å²) in [5.74, 6) is 1.30. The zero-order chi connectivity index (χ0) is 22.4. The Morgan fingerprint density at radius 2 is 1.84 bits per heavy atom. The van der Waals surface area contributed by atoms with Gasteiger partial charge in [-0.2, -0.15) is 0 Å². The zero-order valence-electron chi connectivity index (χ0n) is 18.8. The predicted octanol–water partition coefficient (Wildman–Crippen LogP) is 5.57. The van der Waals surface area contributed by atoms with Crippen LogP contribution < -0.4 is 10.2 Å². The van der Waals surface area contributed by atoms with Gasteiger partial charge in [0.15, 0.2) is 0 Å². The van der Waals surface area contributed by atoms with Gasteiger partial charge in [0, 0.05) is 30.0 Å². The van der Waals surface area contributed by atoms with Crippen molar-refractivity contribution >= 4 is 28.4 Å². The van der Waals surface area contributed by atoms with Gasteiger partial charge in [-0.25, -0.2) is 4.98 Å². The predicted molar refractivity (Wildman–Crippen MR) is 124 cm³/mol. The summed E-state index contributed by atoms with van der Waals surface area (Å²) in [6, 6.07) is 9.88. The van der Waals surface area contributed by atoms with E-state index in [0.29, 0.717) is 28.1 Å². The van der Waals surface area contributed by atoms with Gasteiger partial charge in [-0.05, 0) is 76.4 Å². The van der Waals surface area contributed by atoms with Crippen LogP contribution in [0.5, 0.6) is 0 Å². The van der Waals surface area contributed by atoms with E-state index in [9.17, 15) is 4.79 Å². The zero-order valence-corrected chi connectivity index (χ0v) is 18.8. The minimum absolute atomic E-state index is 0.222. The molecular weight excluding hydrogens is 404 g/mol. The van der Waals surface area contributed by atoms with Crippen LogP contribution in [-0.4, -0.2) is 29.1 Å². The molecule has 32 heavy (non-hydrogen) atoms. The van der Waals surface area contributed by atoms with E-state index in [1.807, 2.05) is 39.8 Å². The van der Waals surface area contributed by atoms with Gasteiger partial charge in [-0.1, -0.05) is 5.16 Å². The van der Waals surface area contributed by atoms with Gasteiger partial charge in [0.25, 0.3) is 11.6 Å². The Hall–Kier alpha value is -3.61. The van der Waals surface area contributed by atoms with Crippen LogP contribution in [0.3, 0.4) is 0 Å². The second-order valence-corrected chi connectivity index (χ2v) is 8.48. The number of nitrogens with one attached hydrogen (secondary N) is 1. The summed E-state index contributed by atoms with van der Waals surface area (Å²) in [5, 5.41) is 7.73. The highest BCUT2D eigenvalue weighted by Gasteiger charge is 2.22. The van der Waals surface area contributed by atoms with Crippen LogP contribution in [0.4, 0.5) is 11.4 Å². The van der Waals surface area contributed by atoms with Crippen molar-refractivity contribution in [3.8, 4) is 11.3 Å². The summed E-state index contributed by atoms with van der Waals surface area (Å²) >= 11 is 0. The van der Waals surface area contributed by atoms with Crippen molar-refractivity contribution in [1.82, 2.24) is 10.1 Å². The third kappa shape index (κ3) is 3.53. The maximum atomic E-state index is 13.4. The fourth-order valence-corrected chi connectivity index (χ4v) is 4.45. The molecule has 0 aliphatic carbocycles. The van der Waals surface area contributed by atoms with Crippen LogP contribution in [0.15, 0.2) is 39.3 Å². The molecule has 0 spiro atoms. The normalized spacial score (nSPS) is 13.8. The average Bonchev–Trinajstić information content (AvgIpc) is 3.50. The van der Waals surface area contributed by atoms with Gasteiger partial charge in [0.2, 0.25) is 0 Å². The lowest BCUT2D eigenvalue weighted by atomic mass is 10.0. The van der Waals surface area contributed by atoms with Crippen molar-refractivity contribution in [2.75, 3.05) is 23.3 Å². The quantitative estimate of drug-likeness (QED) is 0.456. The third-order valence-corrected chi connectivity index (χ3v) is 6.11. The van der Waals surface area contributed by atoms with Crippen LogP contribution in [-0.2, 0) is 0 Å². The standard InChI is InChI=1S/C25H26N4O3/c1-14-11-18(29-9-5-6-10-29)7-8-21(14)26-24(30)20-13-22(19-12-15(2)31-17(19)4)27-25-23(20)16(3)28-32-25/h7-8,11-13H,5-6,9-10H2,1-4H3,(H,26,30). The molecular formula is C25H26N4O3. The third-order valence-electron chi connectivity index (χ3n) is 6.11. The number of carbonyl (C=O) groups excluding carboxylic acids is 1. The van der Waals surface area contributed by atoms with Crippen LogP contribution in [0.2, 0.25) is 0 Å². The number of fused-ring (bicyclic) bond motifs is 1. The first kappa shape index (κ1) is 20.3. The van der Waals surface area contributed by atoms with E-state index >= 15 is 0 Å². The second-order valence-electron chi connectivity index (χ2n) is 8.48. The molecule has 7 nitrogen and oxygen atoms in total. The Bertz CT molecular complexity index is 1330. The highest BCUT2D eigenvalue weighted by Crippen LogP contribution is 2.31. The van der Waals surface area contributed by atoms with E-state index in [0.717, 1.165) is 41.4 Å². The number of carbonyl (C=O) groups is 1. The molecule has 1 aliphatic rings. The van der Waals surface area contributed by atoms with Gasteiger partial charge in [-0.3, -0.25) is 4.79 Å². The van der Waals surface area contributed by atoms with E-state index in [1.54, 1.807) is 6.07 Å². The number of amides is 1. The molecule has 1 aliphatic heterocycles. The topological polar surface area (TPSA) is 84.4 Å². The molecule has 3 aromatic heterocycles. The molecule has 4 heterocycles. The van der Waals surface area contributed by atoms with Crippen LogP contribution in [0.25, 0.3) is 22.4 Å². The molecule has 1 fully saturated rings. The maximum Gasteiger partial charge on any atom is 0.259 e. The Labute approximate surface area is 186 Å². The lowest BCUT2D eigenvalue weighted by molar-refractivity contribution is 0.102. The minimum Gasteiger partial charge on any atom is -0.466 e. The molecule has 0 saturated carbocycles. The maximum absolute atomic E-state index is 13.4. The molecule has 0 bridgehead atoms. The molecule has 164 valence electrons. The molecule has 1 saturated heterocycles. The summed E-state index contributed by atoms with van der Waals surface area (Å²) in [5.41, 5.74) is 5.91. The summed E-state index contributed by atoms with van der Waals surface area (Å²) in [6.45, 7) is 9.77. The Morgan fingerprint density at radius 3 is 2.53 bits per heavy atom. The number of rotatable bonds is 4. The fourth-order valence-electron chi connectivity index (χ4n) is 4.45. The van der Waals surface area contributed by atoms with Crippen molar-refractivity contribution in [2.45, 2.75) is 40.5 Å². The number of benzene rings is 1. The van der Waals surface area contributed by atoms with Crippen molar-refractivity contribution in [1.29, 1.82) is 0 Å². The molecule has 0 unspecified atom stereocenters. The highest BCUT2D eigenvalue weighted by molar-refractivity contribution is 6.13. The number of furan rings is 1. The number of aromatic nitrogens is 2. The van der Waals surface area contributed by atoms with Gasteiger partial charge < -0.3 is 19.2 Å². The summed E-state index contributed by atoms with van der Waals surface area (Å²) in [4.78, 5) is 20.4. The average molecular weight is 431 g/mol.